The normalized spacial score (nSPS) is 17.0. The molecular weight excluding hydrogens is 132 g/mol. The Bertz CT molecular complexity index is 266. The lowest BCUT2D eigenvalue weighted by Gasteiger charge is -1.94. The second kappa shape index (κ2) is 2.45. The average molecular weight is 149 g/mol. The summed E-state index contributed by atoms with van der Waals surface area (Å²) in [5, 5.41) is 1.98. The number of hydrogen-bond donors (Lipinski definition) is 1. The van der Waals surface area contributed by atoms with Crippen LogP contribution < -0.4 is 5.71 Å². The molecule has 0 saturated heterocycles. The Kier molecular flexibility index (Phi) is 1.00. The third-order valence-electron chi connectivity index (χ3n) is 1.10. The molecule has 0 bridgehead atoms. The maximum atomic E-state index is 7.05. The first kappa shape index (κ1) is 3.68. The second-order valence-electron chi connectivity index (χ2n) is 2.21. The van der Waals surface area contributed by atoms with Gasteiger partial charge < -0.3 is 0 Å². The van der Waals surface area contributed by atoms with Gasteiger partial charge in [-0.15, -0.1) is 0 Å². The van der Waals surface area contributed by atoms with E-state index in [1.165, 1.54) is 11.3 Å². The fourth-order valence-electron chi connectivity index (χ4n) is 0.541. The van der Waals surface area contributed by atoms with Gasteiger partial charge in [0.1, 0.15) is 0 Å². The van der Waals surface area contributed by atoms with Crippen LogP contribution in [0.15, 0.2) is 5.38 Å². The summed E-state index contributed by atoms with van der Waals surface area (Å²) in [4.78, 5) is 4.01. The lowest BCUT2D eigenvalue weighted by atomic mass is 10.2. The minimum Gasteiger partial charge on any atom is -0.299 e. The van der Waals surface area contributed by atoms with Crippen LogP contribution in [0.4, 0.5) is 5.13 Å². The minimum atomic E-state index is -1.43. The summed E-state index contributed by atoms with van der Waals surface area (Å²) in [5.41, 5.74) is -0.582. The highest BCUT2D eigenvalue weighted by atomic mass is 32.1. The molecule has 0 radical (unpaired) electrons. The Morgan fingerprint density at radius 2 is 2.67 bits per heavy atom. The van der Waals surface area contributed by atoms with Crippen molar-refractivity contribution in [3.05, 3.63) is 11.1 Å². The van der Waals surface area contributed by atoms with Gasteiger partial charge in [0.05, 0.1) is 5.69 Å². The Hall–Kier alpha value is -0.410. The van der Waals surface area contributed by atoms with Crippen molar-refractivity contribution in [3.63, 3.8) is 0 Å². The molecule has 0 amide bonds. The van der Waals surface area contributed by atoms with Crippen LogP contribution in [0.25, 0.3) is 0 Å². The van der Waals surface area contributed by atoms with E-state index in [9.17, 15) is 0 Å². The molecule has 9 heavy (non-hydrogen) atoms. The molecule has 0 aliphatic rings. The van der Waals surface area contributed by atoms with E-state index in [0.717, 1.165) is 5.69 Å². The first-order valence-electron chi connectivity index (χ1n) is 4.18. The highest BCUT2D eigenvalue weighted by molar-refractivity contribution is 7.12. The Morgan fingerprint density at radius 1 is 1.89 bits per heavy atom. The third-order valence-corrected chi connectivity index (χ3v) is 1.76. The van der Waals surface area contributed by atoms with Crippen LogP contribution >= 0.6 is 11.3 Å². The zero-order valence-electron chi connectivity index (χ0n) is 8.46. The van der Waals surface area contributed by atoms with Crippen molar-refractivity contribution < 1.29 is 9.95 Å². The zero-order valence-corrected chi connectivity index (χ0v) is 6.27. The lowest BCUT2D eigenvalue weighted by molar-refractivity contribution is -0.254. The predicted octanol–water partition coefficient (Wildman–Crippen LogP) is 1.14. The van der Waals surface area contributed by atoms with Crippen molar-refractivity contribution in [2.45, 2.75) is 19.8 Å². The standard InChI is InChI=1S/C6H10N2S/c1-4(2)5-3-9-6(7)8-5/h3-4H,1-2H3,(H2,7,8)/p+1/i/hT3. The molecule has 0 unspecified atom stereocenters. The van der Waals surface area contributed by atoms with Crippen molar-refractivity contribution in [1.82, 2.24) is 4.98 Å². The molecule has 1 rings (SSSR count). The molecule has 2 nitrogen and oxygen atoms in total. The van der Waals surface area contributed by atoms with Crippen LogP contribution in [-0.4, -0.2) is 4.98 Å². The van der Waals surface area contributed by atoms with E-state index < -0.39 is 5.71 Å². The van der Waals surface area contributed by atoms with Crippen LogP contribution in [0.5, 0.6) is 0 Å². The van der Waals surface area contributed by atoms with E-state index in [0.29, 0.717) is 5.92 Å². The SMILES string of the molecule is [3H][N+]([3H])([3H])c1nc(C(C)C)cs1. The number of quaternary nitrogens is 1. The van der Waals surface area contributed by atoms with Crippen molar-refractivity contribution >= 4 is 16.5 Å². The van der Waals surface area contributed by atoms with Gasteiger partial charge in [0.25, 0.3) is 5.13 Å². The monoisotopic (exact) mass is 149 g/mol. The number of aromatic nitrogens is 1. The van der Waals surface area contributed by atoms with E-state index in [-0.39, 0.29) is 5.13 Å². The summed E-state index contributed by atoms with van der Waals surface area (Å²) >= 11 is 1.18. The van der Waals surface area contributed by atoms with Crippen molar-refractivity contribution in [2.24, 2.45) is 0 Å². The fraction of sp³-hybridized carbons (Fsp3) is 0.500. The number of hydrogen-bond acceptors (Lipinski definition) is 2. The molecule has 3 N–H and O–H groups in total. The van der Waals surface area contributed by atoms with Crippen LogP contribution in [0, 0.1) is 0 Å². The van der Waals surface area contributed by atoms with Crippen LogP contribution in [0.1, 0.15) is 25.5 Å². The predicted molar refractivity (Wildman–Crippen MR) is 38.8 cm³/mol. The Labute approximate surface area is 63.1 Å². The van der Waals surface area contributed by atoms with Gasteiger partial charge in [-0.1, -0.05) is 25.2 Å². The first-order valence-corrected chi connectivity index (χ1v) is 3.72. The summed E-state index contributed by atoms with van der Waals surface area (Å²) in [6.07, 6.45) is 0. The van der Waals surface area contributed by atoms with Gasteiger partial charge >= 0.3 is 4.24 Å². The van der Waals surface area contributed by atoms with Gasteiger partial charge in [0.2, 0.25) is 0 Å². The van der Waals surface area contributed by atoms with Gasteiger partial charge in [-0.2, -0.15) is 4.98 Å². The van der Waals surface area contributed by atoms with Crippen LogP contribution in [0.3, 0.4) is 0 Å². The summed E-state index contributed by atoms with van der Waals surface area (Å²) in [7, 11) is 0. The van der Waals surface area contributed by atoms with E-state index in [1.807, 2.05) is 13.8 Å². The molecule has 3 heteroatoms. The highest BCUT2D eigenvalue weighted by Gasteiger charge is 2.03. The maximum Gasteiger partial charge on any atom is 0.352 e. The number of nitrogens with zero attached hydrogens (tertiary/aromatic N) is 1. The van der Waals surface area contributed by atoms with E-state index >= 15 is 0 Å². The van der Waals surface area contributed by atoms with Gasteiger partial charge in [0.15, 0.2) is 0 Å². The molecular formula is C6H11N2S+. The fourth-order valence-corrected chi connectivity index (χ4v) is 1.25. The molecule has 0 aliphatic carbocycles. The molecule has 50 valence electrons. The van der Waals surface area contributed by atoms with Crippen LogP contribution in [-0.2, 0) is 0 Å². The molecule has 0 atom stereocenters. The van der Waals surface area contributed by atoms with Gasteiger partial charge in [-0.3, -0.25) is 5.71 Å². The molecule has 1 aromatic heterocycles. The second-order valence-corrected chi connectivity index (χ2v) is 3.05. The molecule has 1 aromatic rings. The van der Waals surface area contributed by atoms with Crippen LogP contribution in [0.2, 0.25) is 4.24 Å². The Morgan fingerprint density at radius 3 is 3.00 bits per heavy atom. The Balaban J connectivity index is 2.92. The topological polar surface area (TPSA) is 40.5 Å². The van der Waals surface area contributed by atoms with E-state index in [4.69, 9.17) is 4.24 Å². The van der Waals surface area contributed by atoms with Crippen molar-refractivity contribution in [2.75, 3.05) is 0 Å². The molecule has 0 spiro atoms. The van der Waals surface area contributed by atoms with Gasteiger partial charge in [-0.25, -0.2) is 0 Å². The molecule has 0 aromatic carbocycles. The quantitative estimate of drug-likeness (QED) is 0.673. The first-order chi connectivity index (χ1) is 5.41. The average Bonchev–Trinajstić information content (AvgIpc) is 2.30. The van der Waals surface area contributed by atoms with Gasteiger partial charge in [0, 0.05) is 5.38 Å². The third kappa shape index (κ3) is 1.50. The number of thiazole rings is 1. The van der Waals surface area contributed by atoms with E-state index in [2.05, 4.69) is 4.98 Å². The molecule has 0 saturated carbocycles. The summed E-state index contributed by atoms with van der Waals surface area (Å²) in [5.74, 6) is 0.293. The maximum absolute atomic E-state index is 7.05. The van der Waals surface area contributed by atoms with Crippen molar-refractivity contribution in [1.29, 1.82) is 0 Å². The van der Waals surface area contributed by atoms with E-state index in [1.54, 1.807) is 5.38 Å². The zero-order chi connectivity index (χ0) is 9.35. The highest BCUT2D eigenvalue weighted by Crippen LogP contribution is 2.17. The molecule has 0 aliphatic heterocycles. The largest absolute Gasteiger partial charge is 0.352 e. The van der Waals surface area contributed by atoms with Crippen molar-refractivity contribution in [3.8, 4) is 0 Å². The summed E-state index contributed by atoms with van der Waals surface area (Å²) in [6.45, 7) is 3.98. The summed E-state index contributed by atoms with van der Waals surface area (Å²) in [6, 6.07) is 0. The molecule has 0 fully saturated rings. The molecule has 1 heterocycles. The summed E-state index contributed by atoms with van der Waals surface area (Å²) < 4.78 is 21.1. The smallest absolute Gasteiger partial charge is 0.299 e. The number of rotatable bonds is 2. The van der Waals surface area contributed by atoms with Gasteiger partial charge in [-0.05, 0) is 5.92 Å². The lowest BCUT2D eigenvalue weighted by Crippen LogP contribution is -2.39. The minimum absolute atomic E-state index is 0.179.